The summed E-state index contributed by atoms with van der Waals surface area (Å²) in [5, 5.41) is 11.5. The van der Waals surface area contributed by atoms with Crippen LogP contribution in [0.15, 0.2) is 24.3 Å². The maximum Gasteiger partial charge on any atom is 0.307 e. The van der Waals surface area contributed by atoms with E-state index in [1.54, 1.807) is 12.1 Å². The molecule has 4 nitrogen and oxygen atoms in total. The topological polar surface area (TPSA) is 66.4 Å². The number of nitrogens with one attached hydrogen (secondary N) is 1. The Labute approximate surface area is 93.3 Å². The molecule has 0 aromatic heterocycles. The van der Waals surface area contributed by atoms with Gasteiger partial charge in [-0.15, -0.1) is 0 Å². The van der Waals surface area contributed by atoms with Crippen LogP contribution in [0.2, 0.25) is 0 Å². The third-order valence-corrected chi connectivity index (χ3v) is 2.77. The van der Waals surface area contributed by atoms with Gasteiger partial charge in [0.05, 0.1) is 5.92 Å². The van der Waals surface area contributed by atoms with Crippen LogP contribution >= 0.6 is 0 Å². The number of carbonyl (C=O) groups is 2. The van der Waals surface area contributed by atoms with Crippen LogP contribution in [0.5, 0.6) is 0 Å². The Morgan fingerprint density at radius 2 is 1.94 bits per heavy atom. The molecule has 4 heteroatoms. The van der Waals surface area contributed by atoms with E-state index >= 15 is 0 Å². The molecular formula is C12H13NO3. The Hall–Kier alpha value is -1.84. The molecule has 1 aliphatic carbocycles. The lowest BCUT2D eigenvalue weighted by molar-refractivity contribution is -0.138. The predicted molar refractivity (Wildman–Crippen MR) is 59.2 cm³/mol. The first-order chi connectivity index (χ1) is 7.58. The van der Waals surface area contributed by atoms with Crippen molar-refractivity contribution in [3.63, 3.8) is 0 Å². The summed E-state index contributed by atoms with van der Waals surface area (Å²) in [6.45, 7) is 1.45. The highest BCUT2D eigenvalue weighted by Crippen LogP contribution is 2.47. The zero-order valence-corrected chi connectivity index (χ0v) is 8.93. The molecule has 84 valence electrons. The van der Waals surface area contributed by atoms with Crippen LogP contribution in [0.4, 0.5) is 5.69 Å². The first-order valence-electron chi connectivity index (χ1n) is 5.18. The number of rotatable bonds is 3. The maximum atomic E-state index is 10.8. The van der Waals surface area contributed by atoms with Crippen molar-refractivity contribution in [1.29, 1.82) is 0 Å². The molecule has 1 saturated carbocycles. The van der Waals surface area contributed by atoms with Crippen molar-refractivity contribution in [3.05, 3.63) is 29.8 Å². The second-order valence-electron chi connectivity index (χ2n) is 4.09. The third-order valence-electron chi connectivity index (χ3n) is 2.77. The molecule has 1 fully saturated rings. The molecule has 0 aliphatic heterocycles. The molecule has 0 unspecified atom stereocenters. The number of carboxylic acids is 1. The molecule has 16 heavy (non-hydrogen) atoms. The van der Waals surface area contributed by atoms with Crippen molar-refractivity contribution in [2.75, 3.05) is 5.32 Å². The van der Waals surface area contributed by atoms with Gasteiger partial charge in [-0.1, -0.05) is 12.1 Å². The third kappa shape index (κ3) is 2.21. The Bertz CT molecular complexity index is 424. The maximum absolute atomic E-state index is 10.8. The molecule has 0 saturated heterocycles. The Morgan fingerprint density at radius 1 is 1.31 bits per heavy atom. The fourth-order valence-electron chi connectivity index (χ4n) is 1.85. The van der Waals surface area contributed by atoms with Crippen LogP contribution in [0.25, 0.3) is 0 Å². The first kappa shape index (κ1) is 10.7. The van der Waals surface area contributed by atoms with Crippen molar-refractivity contribution < 1.29 is 14.7 Å². The number of anilines is 1. The largest absolute Gasteiger partial charge is 0.481 e. The molecule has 0 heterocycles. The van der Waals surface area contributed by atoms with Gasteiger partial charge in [-0.05, 0) is 30.0 Å². The van der Waals surface area contributed by atoms with E-state index in [-0.39, 0.29) is 17.7 Å². The van der Waals surface area contributed by atoms with Gasteiger partial charge in [0.25, 0.3) is 0 Å². The van der Waals surface area contributed by atoms with E-state index in [2.05, 4.69) is 5.32 Å². The van der Waals surface area contributed by atoms with Crippen LogP contribution in [0, 0.1) is 5.92 Å². The lowest BCUT2D eigenvalue weighted by Gasteiger charge is -2.03. The van der Waals surface area contributed by atoms with Crippen molar-refractivity contribution in [2.24, 2.45) is 5.92 Å². The second-order valence-corrected chi connectivity index (χ2v) is 4.09. The van der Waals surface area contributed by atoms with Gasteiger partial charge in [-0.3, -0.25) is 9.59 Å². The van der Waals surface area contributed by atoms with Crippen LogP contribution in [0.1, 0.15) is 24.8 Å². The monoisotopic (exact) mass is 219 g/mol. The zero-order valence-electron chi connectivity index (χ0n) is 8.93. The summed E-state index contributed by atoms with van der Waals surface area (Å²) >= 11 is 0. The molecule has 2 N–H and O–H groups in total. The van der Waals surface area contributed by atoms with E-state index < -0.39 is 5.97 Å². The number of hydrogen-bond acceptors (Lipinski definition) is 2. The fraction of sp³-hybridized carbons (Fsp3) is 0.333. The van der Waals surface area contributed by atoms with E-state index in [0.717, 1.165) is 17.7 Å². The van der Waals surface area contributed by atoms with Crippen LogP contribution < -0.4 is 5.32 Å². The highest BCUT2D eigenvalue weighted by molar-refractivity contribution is 5.88. The van der Waals surface area contributed by atoms with Gasteiger partial charge in [0, 0.05) is 12.6 Å². The minimum absolute atomic E-state index is 0.109. The smallest absolute Gasteiger partial charge is 0.307 e. The molecule has 1 aromatic rings. The number of aliphatic carboxylic acids is 1. The summed E-state index contributed by atoms with van der Waals surface area (Å²) in [6, 6.07) is 7.35. The van der Waals surface area contributed by atoms with Gasteiger partial charge in [0.1, 0.15) is 0 Å². The normalized spacial score (nSPS) is 22.6. The predicted octanol–water partition coefficient (Wildman–Crippen LogP) is 1.83. The summed E-state index contributed by atoms with van der Waals surface area (Å²) in [7, 11) is 0. The van der Waals surface area contributed by atoms with Crippen LogP contribution in [0.3, 0.4) is 0 Å². The number of benzene rings is 1. The average molecular weight is 219 g/mol. The summed E-state index contributed by atoms with van der Waals surface area (Å²) in [6.07, 6.45) is 0.717. The fourth-order valence-corrected chi connectivity index (χ4v) is 1.85. The highest BCUT2D eigenvalue weighted by atomic mass is 16.4. The molecule has 1 aliphatic rings. The van der Waals surface area contributed by atoms with Crippen molar-refractivity contribution in [2.45, 2.75) is 19.3 Å². The molecule has 1 aromatic carbocycles. The number of amides is 1. The number of carbonyl (C=O) groups excluding carboxylic acids is 1. The van der Waals surface area contributed by atoms with Gasteiger partial charge in [0.15, 0.2) is 0 Å². The lowest BCUT2D eigenvalue weighted by Crippen LogP contribution is -2.05. The van der Waals surface area contributed by atoms with Crippen LogP contribution in [-0.4, -0.2) is 17.0 Å². The quantitative estimate of drug-likeness (QED) is 0.815. The number of hydrogen-bond donors (Lipinski definition) is 2. The lowest BCUT2D eigenvalue weighted by atomic mass is 10.1. The van der Waals surface area contributed by atoms with Gasteiger partial charge >= 0.3 is 5.97 Å². The van der Waals surface area contributed by atoms with Crippen LogP contribution in [-0.2, 0) is 9.59 Å². The van der Waals surface area contributed by atoms with E-state index in [1.165, 1.54) is 6.92 Å². The van der Waals surface area contributed by atoms with E-state index in [4.69, 9.17) is 5.11 Å². The molecule has 0 bridgehead atoms. The Balaban J connectivity index is 2.04. The van der Waals surface area contributed by atoms with Gasteiger partial charge < -0.3 is 10.4 Å². The SMILES string of the molecule is CC(=O)Nc1ccc([C@@H]2C[C@H]2C(=O)O)cc1. The summed E-state index contributed by atoms with van der Waals surface area (Å²) in [5.74, 6) is -0.922. The zero-order chi connectivity index (χ0) is 11.7. The van der Waals surface area contributed by atoms with E-state index in [0.29, 0.717) is 0 Å². The minimum Gasteiger partial charge on any atom is -0.481 e. The molecule has 2 atom stereocenters. The molecule has 0 spiro atoms. The second kappa shape index (κ2) is 3.96. The van der Waals surface area contributed by atoms with Crippen molar-refractivity contribution in [1.82, 2.24) is 0 Å². The molecule has 0 radical (unpaired) electrons. The summed E-state index contributed by atoms with van der Waals surface area (Å²) < 4.78 is 0. The van der Waals surface area contributed by atoms with Gasteiger partial charge in [0.2, 0.25) is 5.91 Å². The molecule has 2 rings (SSSR count). The van der Waals surface area contributed by atoms with Gasteiger partial charge in [-0.2, -0.15) is 0 Å². The Kier molecular flexibility index (Phi) is 2.64. The minimum atomic E-state index is -0.726. The number of carboxylic acid groups (broad SMARTS) is 1. The van der Waals surface area contributed by atoms with E-state index in [9.17, 15) is 9.59 Å². The van der Waals surface area contributed by atoms with Crippen molar-refractivity contribution >= 4 is 17.6 Å². The highest BCUT2D eigenvalue weighted by Gasteiger charge is 2.43. The standard InChI is InChI=1S/C12H13NO3/c1-7(14)13-9-4-2-8(3-5-9)10-6-11(10)12(15)16/h2-5,10-11H,6H2,1H3,(H,13,14)(H,15,16)/t10-,11+/m0/s1. The first-order valence-corrected chi connectivity index (χ1v) is 5.18. The average Bonchev–Trinajstić information content (AvgIpc) is 2.97. The summed E-state index contributed by atoms with van der Waals surface area (Å²) in [5.41, 5.74) is 1.77. The van der Waals surface area contributed by atoms with E-state index in [1.807, 2.05) is 12.1 Å². The van der Waals surface area contributed by atoms with Crippen molar-refractivity contribution in [3.8, 4) is 0 Å². The Morgan fingerprint density at radius 3 is 2.38 bits per heavy atom. The molecule has 1 amide bonds. The summed E-state index contributed by atoms with van der Waals surface area (Å²) in [4.78, 5) is 21.5. The molecular weight excluding hydrogens is 206 g/mol. The van der Waals surface area contributed by atoms with Gasteiger partial charge in [-0.25, -0.2) is 0 Å².